The number of nitrogens with zero attached hydrogens (tertiary/aromatic N) is 3. The molecule has 4 atom stereocenters. The van der Waals surface area contributed by atoms with E-state index in [4.69, 9.17) is 9.47 Å². The van der Waals surface area contributed by atoms with Gasteiger partial charge < -0.3 is 29.3 Å². The summed E-state index contributed by atoms with van der Waals surface area (Å²) in [6.45, 7) is 8.23. The van der Waals surface area contributed by atoms with E-state index in [2.05, 4.69) is 32.2 Å². The SMILES string of the molecule is COc1ccc([Si](C)(C)[C@H]2[C@H](CC(=O)N(CCO)Cc3ccccc3)O[C@@]3(C(=O)N(Cc4ccc(N5CCCCC5=O)cc4)c4ccccc43)[C@@H]2C)cc1. The summed E-state index contributed by atoms with van der Waals surface area (Å²) in [6, 6.07) is 33.8. The number of ether oxygens (including phenoxy) is 2. The quantitative estimate of drug-likeness (QED) is 0.169. The Kier molecular flexibility index (Phi) is 10.8. The number of para-hydroxylation sites is 1. The molecule has 3 aliphatic rings. The van der Waals surface area contributed by atoms with Crippen LogP contribution >= 0.6 is 0 Å². The summed E-state index contributed by atoms with van der Waals surface area (Å²) < 4.78 is 12.7. The lowest BCUT2D eigenvalue weighted by molar-refractivity contribution is -0.150. The van der Waals surface area contributed by atoms with Crippen LogP contribution in [0.4, 0.5) is 11.4 Å². The van der Waals surface area contributed by atoms with E-state index in [0.29, 0.717) is 19.5 Å². The number of fused-ring (bicyclic) bond motifs is 2. The standard InChI is InChI=1S/C44H51N3O6Si/c1-31-42(54(3,4)36-23-21-35(52-2)22-24-36)39(28-41(50)45(26-27-48)29-32-12-6-5-7-13-32)53-44(31)37-14-8-9-15-38(37)47(43(44)51)30-33-17-19-34(20-18-33)46-25-11-10-16-40(46)49/h5-9,12-15,17-24,31,39,42,48H,10-11,16,25-30H2,1-4H3/t31-,39+,42-,44+/m1/s1. The van der Waals surface area contributed by atoms with Crippen molar-refractivity contribution in [3.8, 4) is 5.75 Å². The van der Waals surface area contributed by atoms with Crippen molar-refractivity contribution >= 4 is 42.4 Å². The van der Waals surface area contributed by atoms with E-state index in [1.54, 1.807) is 12.0 Å². The first kappa shape index (κ1) is 37.5. The summed E-state index contributed by atoms with van der Waals surface area (Å²) in [4.78, 5) is 47.5. The van der Waals surface area contributed by atoms with Crippen LogP contribution in [0, 0.1) is 5.92 Å². The third kappa shape index (κ3) is 6.87. The van der Waals surface area contributed by atoms with Gasteiger partial charge >= 0.3 is 0 Å². The first-order valence-electron chi connectivity index (χ1n) is 19.1. The summed E-state index contributed by atoms with van der Waals surface area (Å²) >= 11 is 0. The molecule has 9 nitrogen and oxygen atoms in total. The highest BCUT2D eigenvalue weighted by Gasteiger charge is 2.66. The lowest BCUT2D eigenvalue weighted by Gasteiger charge is -2.37. The maximum atomic E-state index is 15.2. The molecule has 3 aliphatic heterocycles. The van der Waals surface area contributed by atoms with Crippen molar-refractivity contribution in [1.29, 1.82) is 0 Å². The zero-order valence-electron chi connectivity index (χ0n) is 31.7. The third-order valence-electron chi connectivity index (χ3n) is 12.0. The van der Waals surface area contributed by atoms with Crippen LogP contribution in [-0.2, 0) is 37.8 Å². The number of piperidine rings is 1. The van der Waals surface area contributed by atoms with Crippen molar-refractivity contribution in [2.24, 2.45) is 5.92 Å². The molecular formula is C44H51N3O6Si. The molecule has 282 valence electrons. The average molecular weight is 746 g/mol. The molecule has 4 aromatic rings. The topological polar surface area (TPSA) is 99.6 Å². The number of aliphatic hydroxyl groups is 1. The number of benzene rings is 4. The van der Waals surface area contributed by atoms with Crippen molar-refractivity contribution in [3.05, 3.63) is 120 Å². The van der Waals surface area contributed by atoms with E-state index in [9.17, 15) is 14.7 Å². The molecule has 0 radical (unpaired) electrons. The first-order chi connectivity index (χ1) is 26.1. The second-order valence-electron chi connectivity index (χ2n) is 15.5. The maximum Gasteiger partial charge on any atom is 0.264 e. The maximum absolute atomic E-state index is 15.2. The first-order valence-corrected chi connectivity index (χ1v) is 22.2. The van der Waals surface area contributed by atoms with Gasteiger partial charge in [0.1, 0.15) is 5.75 Å². The fourth-order valence-corrected chi connectivity index (χ4v) is 13.2. The molecule has 7 rings (SSSR count). The van der Waals surface area contributed by atoms with Crippen LogP contribution in [0.2, 0.25) is 18.6 Å². The van der Waals surface area contributed by atoms with Gasteiger partial charge in [0, 0.05) is 43.2 Å². The van der Waals surface area contributed by atoms with Crippen LogP contribution < -0.4 is 19.7 Å². The molecule has 54 heavy (non-hydrogen) atoms. The van der Waals surface area contributed by atoms with Crippen LogP contribution in [0.25, 0.3) is 0 Å². The highest BCUT2D eigenvalue weighted by Crippen LogP contribution is 2.60. The van der Waals surface area contributed by atoms with Crippen molar-refractivity contribution in [1.82, 2.24) is 4.90 Å². The molecular weight excluding hydrogens is 695 g/mol. The second kappa shape index (κ2) is 15.5. The van der Waals surface area contributed by atoms with Gasteiger partial charge in [-0.15, -0.1) is 0 Å². The van der Waals surface area contributed by atoms with Gasteiger partial charge in [0.2, 0.25) is 11.8 Å². The van der Waals surface area contributed by atoms with Crippen LogP contribution in [0.3, 0.4) is 0 Å². The number of carbonyl (C=O) groups excluding carboxylic acids is 3. The van der Waals surface area contributed by atoms with Gasteiger partial charge in [0.25, 0.3) is 5.91 Å². The third-order valence-corrected chi connectivity index (χ3v) is 16.3. The van der Waals surface area contributed by atoms with Gasteiger partial charge in [0.05, 0.1) is 46.5 Å². The molecule has 0 aromatic heterocycles. The fourth-order valence-electron chi connectivity index (χ4n) is 9.19. The van der Waals surface area contributed by atoms with Crippen molar-refractivity contribution < 1.29 is 29.0 Å². The summed E-state index contributed by atoms with van der Waals surface area (Å²) in [7, 11) is -0.820. The molecule has 2 fully saturated rings. The number of methoxy groups -OCH3 is 1. The molecule has 3 heterocycles. The molecule has 1 N–H and O–H groups in total. The smallest absolute Gasteiger partial charge is 0.264 e. The van der Waals surface area contributed by atoms with Gasteiger partial charge in [-0.25, -0.2) is 0 Å². The minimum Gasteiger partial charge on any atom is -0.497 e. The number of amides is 3. The Balaban J connectivity index is 1.23. The van der Waals surface area contributed by atoms with Gasteiger partial charge in [-0.3, -0.25) is 14.4 Å². The molecule has 0 unspecified atom stereocenters. The van der Waals surface area contributed by atoms with E-state index in [0.717, 1.165) is 53.2 Å². The van der Waals surface area contributed by atoms with Crippen LogP contribution in [0.15, 0.2) is 103 Å². The Labute approximate surface area is 319 Å². The monoisotopic (exact) mass is 745 g/mol. The van der Waals surface area contributed by atoms with Crippen LogP contribution in [0.5, 0.6) is 5.75 Å². The zero-order chi connectivity index (χ0) is 38.0. The summed E-state index contributed by atoms with van der Waals surface area (Å²) in [5.74, 6) is 0.423. The molecule has 4 aromatic carbocycles. The van der Waals surface area contributed by atoms with Gasteiger partial charge in [-0.05, 0) is 59.8 Å². The number of carbonyl (C=O) groups is 3. The van der Waals surface area contributed by atoms with E-state index in [-0.39, 0.29) is 48.8 Å². The number of hydrogen-bond donors (Lipinski definition) is 1. The number of hydrogen-bond acceptors (Lipinski definition) is 6. The van der Waals surface area contributed by atoms with E-state index < -0.39 is 19.8 Å². The Hall–Kier alpha value is -4.77. The Morgan fingerprint density at radius 1 is 0.926 bits per heavy atom. The number of aliphatic hydroxyl groups excluding tert-OH is 1. The molecule has 0 aliphatic carbocycles. The van der Waals surface area contributed by atoms with E-state index in [1.165, 1.54) is 5.19 Å². The summed E-state index contributed by atoms with van der Waals surface area (Å²) in [5, 5.41) is 11.2. The highest BCUT2D eigenvalue weighted by molar-refractivity contribution is 6.91. The van der Waals surface area contributed by atoms with Crippen LogP contribution in [0.1, 0.15) is 49.3 Å². The van der Waals surface area contributed by atoms with Crippen molar-refractivity contribution in [3.63, 3.8) is 0 Å². The number of anilines is 2. The predicted octanol–water partition coefficient (Wildman–Crippen LogP) is 6.39. The molecule has 2 saturated heterocycles. The van der Waals surface area contributed by atoms with Crippen molar-refractivity contribution in [2.75, 3.05) is 36.6 Å². The molecule has 10 heteroatoms. The molecule has 0 bridgehead atoms. The Morgan fingerprint density at radius 2 is 1.63 bits per heavy atom. The van der Waals surface area contributed by atoms with Gasteiger partial charge in [-0.1, -0.05) is 98.0 Å². The summed E-state index contributed by atoms with van der Waals surface area (Å²) in [5.41, 5.74) is 3.05. The molecule has 1 spiro atoms. The lowest BCUT2D eigenvalue weighted by Crippen LogP contribution is -2.52. The Morgan fingerprint density at radius 3 is 2.31 bits per heavy atom. The minimum atomic E-state index is -2.48. The van der Waals surface area contributed by atoms with Gasteiger partial charge in [-0.2, -0.15) is 0 Å². The average Bonchev–Trinajstić information content (AvgIpc) is 3.61. The summed E-state index contributed by atoms with van der Waals surface area (Å²) in [6.07, 6.45) is 2.02. The van der Waals surface area contributed by atoms with E-state index in [1.807, 2.05) is 101 Å². The second-order valence-corrected chi connectivity index (χ2v) is 20.1. The zero-order valence-corrected chi connectivity index (χ0v) is 32.7. The Bertz CT molecular complexity index is 1970. The number of rotatable bonds is 12. The normalized spacial score (nSPS) is 22.5. The highest BCUT2D eigenvalue weighted by atomic mass is 28.3. The van der Waals surface area contributed by atoms with Gasteiger partial charge in [0.15, 0.2) is 5.60 Å². The molecule has 0 saturated carbocycles. The fraction of sp³-hybridized carbons (Fsp3) is 0.386. The molecule has 3 amide bonds. The lowest BCUT2D eigenvalue weighted by atomic mass is 9.82. The van der Waals surface area contributed by atoms with Crippen LogP contribution in [-0.4, -0.2) is 68.7 Å². The largest absolute Gasteiger partial charge is 0.497 e. The minimum absolute atomic E-state index is 0.0856. The predicted molar refractivity (Wildman–Crippen MR) is 213 cm³/mol. The van der Waals surface area contributed by atoms with Crippen molar-refractivity contribution in [2.45, 2.75) is 76.0 Å². The van der Waals surface area contributed by atoms with E-state index >= 15 is 4.79 Å².